The quantitative estimate of drug-likeness (QED) is 0.640. The highest BCUT2D eigenvalue weighted by atomic mass is 32.2. The van der Waals surface area contributed by atoms with E-state index in [0.29, 0.717) is 41.5 Å². The van der Waals surface area contributed by atoms with Crippen LogP contribution in [-0.4, -0.2) is 44.3 Å². The van der Waals surface area contributed by atoms with Gasteiger partial charge in [-0.25, -0.2) is 9.37 Å². The van der Waals surface area contributed by atoms with Gasteiger partial charge in [0.25, 0.3) is 0 Å². The lowest BCUT2D eigenvalue weighted by Crippen LogP contribution is -2.25. The number of ether oxygens (including phenoxy) is 1. The van der Waals surface area contributed by atoms with E-state index in [1.54, 1.807) is 12.4 Å². The minimum Gasteiger partial charge on any atom is -0.616 e. The average molecular weight is 362 g/mol. The first-order chi connectivity index (χ1) is 12.2. The van der Waals surface area contributed by atoms with Crippen LogP contribution in [0.2, 0.25) is 0 Å². The molecule has 0 spiro atoms. The second-order valence-electron chi connectivity index (χ2n) is 6.28. The lowest BCUT2D eigenvalue weighted by molar-refractivity contribution is 0.106. The van der Waals surface area contributed by atoms with Gasteiger partial charge in [0.05, 0.1) is 30.6 Å². The lowest BCUT2D eigenvalue weighted by atomic mass is 10.1. The summed E-state index contributed by atoms with van der Waals surface area (Å²) in [5.74, 6) is 0.866. The van der Waals surface area contributed by atoms with E-state index in [4.69, 9.17) is 10.1 Å². The molecule has 2 atom stereocenters. The van der Waals surface area contributed by atoms with Crippen LogP contribution in [0, 0.1) is 11.2 Å². The van der Waals surface area contributed by atoms with Crippen LogP contribution in [0.5, 0.6) is 0 Å². The smallest absolute Gasteiger partial charge is 0.140 e. The van der Waals surface area contributed by atoms with Gasteiger partial charge >= 0.3 is 0 Å². The van der Waals surface area contributed by atoms with Gasteiger partial charge in [-0.05, 0) is 0 Å². The number of halogens is 1. The van der Waals surface area contributed by atoms with E-state index in [-0.39, 0.29) is 6.04 Å². The number of pyridine rings is 1. The Morgan fingerprint density at radius 2 is 2.44 bits per heavy atom. The molecule has 2 aliphatic heterocycles. The number of aromatic nitrogens is 2. The molecule has 2 aliphatic rings. The van der Waals surface area contributed by atoms with Crippen LogP contribution < -0.4 is 5.32 Å². The molecule has 0 radical (unpaired) electrons. The lowest BCUT2D eigenvalue weighted by Gasteiger charge is -2.13. The molecule has 4 heterocycles. The maximum absolute atomic E-state index is 14.6. The number of hydrogen-bond acceptors (Lipinski definition) is 5. The summed E-state index contributed by atoms with van der Waals surface area (Å²) in [6.07, 6.45) is 5.99. The number of nitrogens with one attached hydrogen (secondary N) is 2. The topological polar surface area (TPSA) is 85.5 Å². The molecule has 4 rings (SSSR count). The standard InChI is InChI=1S/C17H19FN4O2S/c18-14-5-17-21-15-1-3-24-9-16(15)22(17)8-13(14)11(6-19)7-20-12-2-4-25(23)10-12/h5-8,12,19-20H,1-4,9-10H2/b11-7+,19-6?. The van der Waals surface area contributed by atoms with Crippen molar-refractivity contribution in [2.75, 3.05) is 18.1 Å². The van der Waals surface area contributed by atoms with Crippen molar-refractivity contribution in [2.24, 2.45) is 0 Å². The molecule has 1 fully saturated rings. The normalized spacial score (nSPS) is 23.7. The van der Waals surface area contributed by atoms with Crippen molar-refractivity contribution in [3.05, 3.63) is 41.2 Å². The van der Waals surface area contributed by atoms with Crippen molar-refractivity contribution < 1.29 is 13.7 Å². The van der Waals surface area contributed by atoms with E-state index in [2.05, 4.69) is 10.3 Å². The van der Waals surface area contributed by atoms with Crippen LogP contribution in [0.4, 0.5) is 4.39 Å². The molecule has 2 unspecified atom stereocenters. The van der Waals surface area contributed by atoms with Crippen molar-refractivity contribution in [2.45, 2.75) is 25.5 Å². The summed E-state index contributed by atoms with van der Waals surface area (Å²) in [7, 11) is 0. The second kappa shape index (κ2) is 6.78. The Balaban J connectivity index is 1.68. The van der Waals surface area contributed by atoms with E-state index in [9.17, 15) is 8.94 Å². The molecule has 0 amide bonds. The highest BCUT2D eigenvalue weighted by molar-refractivity contribution is 7.91. The van der Waals surface area contributed by atoms with Gasteiger partial charge in [0, 0.05) is 48.7 Å². The average Bonchev–Trinajstić information content (AvgIpc) is 3.18. The minimum atomic E-state index is -0.783. The molecule has 2 aromatic rings. The zero-order chi connectivity index (χ0) is 17.4. The van der Waals surface area contributed by atoms with Crippen LogP contribution in [0.1, 0.15) is 23.4 Å². The number of rotatable bonds is 4. The Morgan fingerprint density at radius 1 is 1.56 bits per heavy atom. The maximum Gasteiger partial charge on any atom is 0.140 e. The zero-order valence-corrected chi connectivity index (χ0v) is 14.4. The SMILES string of the molecule is N=C/C(=C\NC1CC[S+]([O-])C1)c1cn2c3c(nc2cc1F)CCOC3. The zero-order valence-electron chi connectivity index (χ0n) is 13.6. The monoisotopic (exact) mass is 362 g/mol. The molecule has 0 aliphatic carbocycles. The Kier molecular flexibility index (Phi) is 4.49. The molecular formula is C17H19FN4O2S. The summed E-state index contributed by atoms with van der Waals surface area (Å²) in [5, 5.41) is 10.8. The van der Waals surface area contributed by atoms with Gasteiger partial charge in [0.15, 0.2) is 0 Å². The van der Waals surface area contributed by atoms with Crippen molar-refractivity contribution in [3.8, 4) is 0 Å². The molecule has 1 saturated heterocycles. The first kappa shape index (κ1) is 16.6. The summed E-state index contributed by atoms with van der Waals surface area (Å²) in [5.41, 5.74) is 3.21. The summed E-state index contributed by atoms with van der Waals surface area (Å²) in [4.78, 5) is 4.47. The number of hydrogen-bond donors (Lipinski definition) is 2. The van der Waals surface area contributed by atoms with Gasteiger partial charge in [-0.2, -0.15) is 0 Å². The summed E-state index contributed by atoms with van der Waals surface area (Å²) < 4.78 is 33.4. The van der Waals surface area contributed by atoms with Gasteiger partial charge in [-0.3, -0.25) is 0 Å². The van der Waals surface area contributed by atoms with E-state index in [1.165, 1.54) is 6.07 Å². The van der Waals surface area contributed by atoms with Crippen LogP contribution in [-0.2, 0) is 28.9 Å². The fourth-order valence-electron chi connectivity index (χ4n) is 3.27. The number of nitrogens with zero attached hydrogens (tertiary/aromatic N) is 2. The van der Waals surface area contributed by atoms with E-state index >= 15 is 0 Å². The van der Waals surface area contributed by atoms with Gasteiger partial charge < -0.3 is 24.4 Å². The Morgan fingerprint density at radius 3 is 3.20 bits per heavy atom. The van der Waals surface area contributed by atoms with E-state index in [1.807, 2.05) is 4.40 Å². The van der Waals surface area contributed by atoms with Gasteiger partial charge in [-0.15, -0.1) is 0 Å². The van der Waals surface area contributed by atoms with Crippen LogP contribution in [0.15, 0.2) is 18.5 Å². The Hall–Kier alpha value is -1.90. The van der Waals surface area contributed by atoms with Gasteiger partial charge in [0.2, 0.25) is 0 Å². The molecule has 132 valence electrons. The molecule has 0 aromatic carbocycles. The fourth-order valence-corrected chi connectivity index (χ4v) is 4.69. The third-order valence-corrected chi connectivity index (χ3v) is 6.10. The number of fused-ring (bicyclic) bond motifs is 3. The molecular weight excluding hydrogens is 343 g/mol. The van der Waals surface area contributed by atoms with E-state index < -0.39 is 17.0 Å². The van der Waals surface area contributed by atoms with Crippen molar-refractivity contribution in [1.29, 1.82) is 5.41 Å². The first-order valence-electron chi connectivity index (χ1n) is 8.25. The number of imidazole rings is 1. The van der Waals surface area contributed by atoms with Crippen molar-refractivity contribution >= 4 is 28.6 Å². The Labute approximate surface area is 147 Å². The van der Waals surface area contributed by atoms with Crippen LogP contribution >= 0.6 is 0 Å². The summed E-state index contributed by atoms with van der Waals surface area (Å²) in [6, 6.07) is 1.51. The molecule has 8 heteroatoms. The third-order valence-electron chi connectivity index (χ3n) is 4.64. The van der Waals surface area contributed by atoms with Gasteiger partial charge in [-0.1, -0.05) is 11.2 Å². The second-order valence-corrected chi connectivity index (χ2v) is 7.90. The van der Waals surface area contributed by atoms with Crippen molar-refractivity contribution in [3.63, 3.8) is 0 Å². The maximum atomic E-state index is 14.6. The molecule has 0 saturated carbocycles. The molecule has 0 bridgehead atoms. The van der Waals surface area contributed by atoms with Crippen LogP contribution in [0.3, 0.4) is 0 Å². The number of allylic oxidation sites excluding steroid dienone is 1. The Bertz CT molecular complexity index is 851. The third kappa shape index (κ3) is 3.17. The summed E-state index contributed by atoms with van der Waals surface area (Å²) in [6.45, 7) is 1.09. The van der Waals surface area contributed by atoms with Crippen molar-refractivity contribution in [1.82, 2.24) is 14.7 Å². The minimum absolute atomic E-state index is 0.108. The van der Waals surface area contributed by atoms with E-state index in [0.717, 1.165) is 30.4 Å². The fraction of sp³-hybridized carbons (Fsp3) is 0.412. The first-order valence-corrected chi connectivity index (χ1v) is 9.73. The summed E-state index contributed by atoms with van der Waals surface area (Å²) >= 11 is -0.783. The predicted molar refractivity (Wildman–Crippen MR) is 94.7 cm³/mol. The molecule has 2 N–H and O–H groups in total. The molecule has 25 heavy (non-hydrogen) atoms. The van der Waals surface area contributed by atoms with Crippen LogP contribution in [0.25, 0.3) is 11.2 Å². The molecule has 6 nitrogen and oxygen atoms in total. The molecule has 2 aromatic heterocycles. The largest absolute Gasteiger partial charge is 0.616 e. The highest BCUT2D eigenvalue weighted by Crippen LogP contribution is 2.24. The van der Waals surface area contributed by atoms with Gasteiger partial charge in [0.1, 0.15) is 23.0 Å². The predicted octanol–water partition coefficient (Wildman–Crippen LogP) is 1.65. The highest BCUT2D eigenvalue weighted by Gasteiger charge is 2.25.